The smallest absolute Gasteiger partial charge is 0.0102 e. The summed E-state index contributed by atoms with van der Waals surface area (Å²) in [4.78, 5) is 2.95. The summed E-state index contributed by atoms with van der Waals surface area (Å²) < 4.78 is 0. The maximum absolute atomic E-state index is 2.95. The Bertz CT molecular complexity index is 202. The Hall–Kier alpha value is -0.0400. The molecule has 3 unspecified atom stereocenters. The molecule has 2 heterocycles. The molecule has 0 bridgehead atoms. The zero-order valence-corrected chi connectivity index (χ0v) is 11.3. The van der Waals surface area contributed by atoms with Gasteiger partial charge in [-0.1, -0.05) is 39.5 Å². The van der Waals surface area contributed by atoms with E-state index in [1.54, 1.807) is 0 Å². The molecule has 0 spiro atoms. The predicted molar refractivity (Wildman–Crippen MR) is 70.7 cm³/mol. The number of piperidine rings is 1. The van der Waals surface area contributed by atoms with E-state index in [4.69, 9.17) is 0 Å². The molecule has 0 aromatic heterocycles. The summed E-state index contributed by atoms with van der Waals surface area (Å²) in [6.45, 7) is 4.67. The number of hydrogen-bond acceptors (Lipinski definition) is 1. The van der Waals surface area contributed by atoms with Crippen molar-refractivity contribution in [3.05, 3.63) is 0 Å². The van der Waals surface area contributed by atoms with E-state index >= 15 is 0 Å². The van der Waals surface area contributed by atoms with E-state index in [2.05, 4.69) is 18.7 Å². The highest BCUT2D eigenvalue weighted by molar-refractivity contribution is 4.94. The van der Waals surface area contributed by atoms with Crippen molar-refractivity contribution >= 4 is 0 Å². The second kappa shape index (κ2) is 6.05. The lowest BCUT2D eigenvalue weighted by atomic mass is 9.92. The van der Waals surface area contributed by atoms with E-state index in [9.17, 15) is 0 Å². The minimum absolute atomic E-state index is 0.942. The van der Waals surface area contributed by atoms with Crippen molar-refractivity contribution in [1.29, 1.82) is 0 Å². The van der Waals surface area contributed by atoms with Gasteiger partial charge in [0, 0.05) is 18.1 Å². The number of nitrogens with zero attached hydrogens (tertiary/aromatic N) is 1. The van der Waals surface area contributed by atoms with Crippen LogP contribution in [0, 0.1) is 0 Å². The minimum Gasteiger partial charge on any atom is -0.294 e. The Morgan fingerprint density at radius 2 is 1.69 bits per heavy atom. The van der Waals surface area contributed by atoms with Gasteiger partial charge in [0.25, 0.3) is 0 Å². The molecular weight excluding hydrogens is 194 g/mol. The summed E-state index contributed by atoms with van der Waals surface area (Å²) in [6.07, 6.45) is 14.5. The molecule has 2 rings (SSSR count). The van der Waals surface area contributed by atoms with Crippen LogP contribution in [0.3, 0.4) is 0 Å². The zero-order valence-electron chi connectivity index (χ0n) is 11.3. The van der Waals surface area contributed by atoms with Crippen molar-refractivity contribution in [2.45, 2.75) is 96.2 Å². The van der Waals surface area contributed by atoms with Gasteiger partial charge in [-0.05, 0) is 38.5 Å². The van der Waals surface area contributed by atoms with Crippen LogP contribution in [0.5, 0.6) is 0 Å². The third-order valence-corrected chi connectivity index (χ3v) is 4.69. The molecule has 94 valence electrons. The summed E-state index contributed by atoms with van der Waals surface area (Å²) in [5, 5.41) is 0. The van der Waals surface area contributed by atoms with E-state index in [1.165, 1.54) is 64.2 Å². The number of fused-ring (bicyclic) bond motifs is 1. The molecule has 0 N–H and O–H groups in total. The fourth-order valence-corrected chi connectivity index (χ4v) is 3.97. The summed E-state index contributed by atoms with van der Waals surface area (Å²) in [5.74, 6) is 0. The van der Waals surface area contributed by atoms with Crippen molar-refractivity contribution in [3.8, 4) is 0 Å². The molecule has 2 fully saturated rings. The van der Waals surface area contributed by atoms with Crippen LogP contribution in [0.1, 0.15) is 78.1 Å². The second-order valence-corrected chi connectivity index (χ2v) is 5.85. The van der Waals surface area contributed by atoms with Gasteiger partial charge in [0.2, 0.25) is 0 Å². The van der Waals surface area contributed by atoms with Crippen LogP contribution in [0.25, 0.3) is 0 Å². The summed E-state index contributed by atoms with van der Waals surface area (Å²) in [7, 11) is 0. The van der Waals surface area contributed by atoms with Crippen LogP contribution in [0.4, 0.5) is 0 Å². The molecule has 0 aromatic carbocycles. The lowest BCUT2D eigenvalue weighted by Gasteiger charge is -2.41. The van der Waals surface area contributed by atoms with Crippen molar-refractivity contribution in [3.63, 3.8) is 0 Å². The molecule has 16 heavy (non-hydrogen) atoms. The van der Waals surface area contributed by atoms with Crippen molar-refractivity contribution in [2.24, 2.45) is 0 Å². The third kappa shape index (κ3) is 2.61. The van der Waals surface area contributed by atoms with Crippen LogP contribution >= 0.6 is 0 Å². The first kappa shape index (κ1) is 12.4. The molecular formula is C15H29N. The summed E-state index contributed by atoms with van der Waals surface area (Å²) in [6, 6.07) is 2.85. The average molecular weight is 223 g/mol. The third-order valence-electron chi connectivity index (χ3n) is 4.69. The van der Waals surface area contributed by atoms with E-state index < -0.39 is 0 Å². The quantitative estimate of drug-likeness (QED) is 0.669. The largest absolute Gasteiger partial charge is 0.294 e. The Morgan fingerprint density at radius 3 is 2.44 bits per heavy atom. The normalized spacial score (nSPS) is 35.2. The first-order valence-corrected chi connectivity index (χ1v) is 7.64. The fraction of sp³-hybridized carbons (Fsp3) is 1.00. The van der Waals surface area contributed by atoms with Crippen LogP contribution in [0.2, 0.25) is 0 Å². The Morgan fingerprint density at radius 1 is 0.875 bits per heavy atom. The molecule has 2 aliphatic heterocycles. The molecule has 0 saturated carbocycles. The average Bonchev–Trinajstić information content (AvgIpc) is 2.71. The van der Waals surface area contributed by atoms with Crippen LogP contribution in [-0.4, -0.2) is 23.0 Å². The SMILES string of the molecule is CCCCC1CCCC2CCC(CCC)N12. The fourth-order valence-electron chi connectivity index (χ4n) is 3.97. The van der Waals surface area contributed by atoms with E-state index in [-0.39, 0.29) is 0 Å². The van der Waals surface area contributed by atoms with Crippen LogP contribution in [-0.2, 0) is 0 Å². The Balaban J connectivity index is 1.95. The van der Waals surface area contributed by atoms with E-state index in [1.807, 2.05) is 0 Å². The lowest BCUT2D eigenvalue weighted by Crippen LogP contribution is -2.47. The van der Waals surface area contributed by atoms with Crippen LogP contribution < -0.4 is 0 Å². The molecule has 0 aromatic rings. The summed E-state index contributed by atoms with van der Waals surface area (Å²) in [5.41, 5.74) is 0. The molecule has 2 aliphatic rings. The lowest BCUT2D eigenvalue weighted by molar-refractivity contribution is 0.0712. The highest BCUT2D eigenvalue weighted by atomic mass is 15.2. The van der Waals surface area contributed by atoms with Gasteiger partial charge in [0.15, 0.2) is 0 Å². The summed E-state index contributed by atoms with van der Waals surface area (Å²) >= 11 is 0. The van der Waals surface area contributed by atoms with E-state index in [0.29, 0.717) is 0 Å². The number of rotatable bonds is 5. The van der Waals surface area contributed by atoms with Gasteiger partial charge in [0.05, 0.1) is 0 Å². The second-order valence-electron chi connectivity index (χ2n) is 5.85. The van der Waals surface area contributed by atoms with Crippen LogP contribution in [0.15, 0.2) is 0 Å². The zero-order chi connectivity index (χ0) is 11.4. The molecule has 1 nitrogen and oxygen atoms in total. The number of unbranched alkanes of at least 4 members (excludes halogenated alkanes) is 1. The van der Waals surface area contributed by atoms with Gasteiger partial charge in [-0.15, -0.1) is 0 Å². The van der Waals surface area contributed by atoms with Gasteiger partial charge in [0.1, 0.15) is 0 Å². The first-order chi connectivity index (χ1) is 7.86. The standard InChI is InChI=1S/C15H29N/c1-3-5-8-14-9-6-10-15-12-11-13(7-4-2)16(14)15/h13-15H,3-12H2,1-2H3. The van der Waals surface area contributed by atoms with Gasteiger partial charge in [-0.2, -0.15) is 0 Å². The maximum atomic E-state index is 2.95. The Kier molecular flexibility index (Phi) is 4.69. The minimum atomic E-state index is 0.942. The first-order valence-electron chi connectivity index (χ1n) is 7.64. The molecule has 0 radical (unpaired) electrons. The number of hydrogen-bond donors (Lipinski definition) is 0. The topological polar surface area (TPSA) is 3.24 Å². The Labute approximate surface area is 102 Å². The molecule has 1 heteroatoms. The highest BCUT2D eigenvalue weighted by Gasteiger charge is 2.39. The van der Waals surface area contributed by atoms with Crippen molar-refractivity contribution in [1.82, 2.24) is 4.90 Å². The van der Waals surface area contributed by atoms with E-state index in [0.717, 1.165) is 18.1 Å². The maximum Gasteiger partial charge on any atom is 0.0102 e. The monoisotopic (exact) mass is 223 g/mol. The van der Waals surface area contributed by atoms with Crippen molar-refractivity contribution in [2.75, 3.05) is 0 Å². The van der Waals surface area contributed by atoms with Gasteiger partial charge in [-0.25, -0.2) is 0 Å². The predicted octanol–water partition coefficient (Wildman–Crippen LogP) is 4.36. The van der Waals surface area contributed by atoms with Gasteiger partial charge in [-0.3, -0.25) is 4.90 Å². The molecule has 0 amide bonds. The van der Waals surface area contributed by atoms with Crippen molar-refractivity contribution < 1.29 is 0 Å². The van der Waals surface area contributed by atoms with Gasteiger partial charge >= 0.3 is 0 Å². The molecule has 0 aliphatic carbocycles. The molecule has 2 saturated heterocycles. The highest BCUT2D eigenvalue weighted by Crippen LogP contribution is 2.38. The molecule has 3 atom stereocenters. The van der Waals surface area contributed by atoms with Gasteiger partial charge < -0.3 is 0 Å².